The molecule has 2 aromatic carbocycles. The predicted molar refractivity (Wildman–Crippen MR) is 137 cm³/mol. The lowest BCUT2D eigenvalue weighted by molar-refractivity contribution is 0.103. The maximum absolute atomic E-state index is 12.8. The summed E-state index contributed by atoms with van der Waals surface area (Å²) in [6.07, 6.45) is 6.94. The molecule has 0 radical (unpaired) electrons. The summed E-state index contributed by atoms with van der Waals surface area (Å²) in [5, 5.41) is 3.44. The molecule has 0 bridgehead atoms. The lowest BCUT2D eigenvalue weighted by Crippen LogP contribution is -2.30. The van der Waals surface area contributed by atoms with Gasteiger partial charge in [0.15, 0.2) is 5.78 Å². The number of hydrogen-bond donors (Lipinski definition) is 2. The molecule has 0 spiro atoms. The van der Waals surface area contributed by atoms with E-state index in [0.29, 0.717) is 11.1 Å². The van der Waals surface area contributed by atoms with Crippen LogP contribution in [0.25, 0.3) is 22.4 Å². The Balaban J connectivity index is 1.19. The quantitative estimate of drug-likeness (QED) is 0.276. The molecule has 1 fully saturated rings. The number of fused-ring (bicyclic) bond motifs is 1. The average molecular weight is 454 g/mol. The van der Waals surface area contributed by atoms with Gasteiger partial charge in [-0.1, -0.05) is 30.3 Å². The van der Waals surface area contributed by atoms with Gasteiger partial charge in [0.05, 0.1) is 11.0 Å². The van der Waals surface area contributed by atoms with E-state index in [1.54, 1.807) is 0 Å². The molecule has 0 aliphatic carbocycles. The number of likely N-dealkylation sites (tertiary alicyclic amines) is 1. The van der Waals surface area contributed by atoms with Crippen molar-refractivity contribution in [3.05, 3.63) is 78.0 Å². The number of aromatic amines is 1. The Morgan fingerprint density at radius 3 is 2.65 bits per heavy atom. The van der Waals surface area contributed by atoms with Crippen molar-refractivity contribution in [2.24, 2.45) is 5.92 Å². The fourth-order valence-corrected chi connectivity index (χ4v) is 4.64. The zero-order valence-electron chi connectivity index (χ0n) is 19.6. The molecular formula is C28H31N5O. The van der Waals surface area contributed by atoms with Crippen LogP contribution in [0, 0.1) is 5.92 Å². The van der Waals surface area contributed by atoms with Gasteiger partial charge in [-0.15, -0.1) is 0 Å². The highest BCUT2D eigenvalue weighted by atomic mass is 16.1. The van der Waals surface area contributed by atoms with Gasteiger partial charge in [0.2, 0.25) is 0 Å². The number of piperidine rings is 1. The predicted octanol–water partition coefficient (Wildman–Crippen LogP) is 5.39. The highest BCUT2D eigenvalue weighted by Crippen LogP contribution is 2.23. The minimum absolute atomic E-state index is 0.0000307. The second-order valence-corrected chi connectivity index (χ2v) is 9.26. The fraction of sp³-hybridized carbons (Fsp3) is 0.321. The molecule has 5 rings (SSSR count). The van der Waals surface area contributed by atoms with Crippen molar-refractivity contribution >= 4 is 22.6 Å². The van der Waals surface area contributed by atoms with Crippen LogP contribution in [0.3, 0.4) is 0 Å². The SMILES string of the molecule is CN1CCC(CCCNc2ccc(-c3nc4cc(C(=O)c5ccccc5)ccc4[nH]3)cn2)CC1. The van der Waals surface area contributed by atoms with Crippen LogP contribution in [0.1, 0.15) is 41.6 Å². The van der Waals surface area contributed by atoms with Gasteiger partial charge >= 0.3 is 0 Å². The summed E-state index contributed by atoms with van der Waals surface area (Å²) in [5.41, 5.74) is 3.90. The number of aromatic nitrogens is 3. The van der Waals surface area contributed by atoms with E-state index < -0.39 is 0 Å². The van der Waals surface area contributed by atoms with Crippen LogP contribution < -0.4 is 5.32 Å². The van der Waals surface area contributed by atoms with E-state index in [4.69, 9.17) is 4.98 Å². The monoisotopic (exact) mass is 453 g/mol. The molecule has 3 heterocycles. The van der Waals surface area contributed by atoms with Crippen LogP contribution >= 0.6 is 0 Å². The van der Waals surface area contributed by atoms with E-state index >= 15 is 0 Å². The zero-order valence-corrected chi connectivity index (χ0v) is 19.6. The summed E-state index contributed by atoms with van der Waals surface area (Å²) < 4.78 is 0. The standard InChI is InChI=1S/C28H31N5O/c1-33-16-13-20(14-17-33)6-5-15-29-26-12-10-23(19-30-26)28-31-24-11-9-22(18-25(24)32-28)27(34)21-7-3-2-4-8-21/h2-4,7-12,18-20H,5-6,13-17H2,1H3,(H,29,30)(H,31,32). The molecular weight excluding hydrogens is 422 g/mol. The molecule has 2 N–H and O–H groups in total. The summed E-state index contributed by atoms with van der Waals surface area (Å²) in [6, 6.07) is 19.0. The van der Waals surface area contributed by atoms with E-state index in [2.05, 4.69) is 27.2 Å². The number of rotatable bonds is 8. The molecule has 0 unspecified atom stereocenters. The first-order valence-electron chi connectivity index (χ1n) is 12.1. The van der Waals surface area contributed by atoms with Gasteiger partial charge in [-0.3, -0.25) is 4.79 Å². The van der Waals surface area contributed by atoms with Crippen molar-refractivity contribution in [3.8, 4) is 11.4 Å². The summed E-state index contributed by atoms with van der Waals surface area (Å²) >= 11 is 0. The third-order valence-electron chi connectivity index (χ3n) is 6.75. The van der Waals surface area contributed by atoms with Crippen molar-refractivity contribution in [1.29, 1.82) is 0 Å². The Labute approximate surface area is 200 Å². The summed E-state index contributed by atoms with van der Waals surface area (Å²) in [4.78, 5) is 27.8. The second kappa shape index (κ2) is 10.2. The molecule has 1 aliphatic heterocycles. The number of anilines is 1. The number of imidazole rings is 1. The van der Waals surface area contributed by atoms with Gasteiger partial charge in [0.1, 0.15) is 11.6 Å². The number of hydrogen-bond acceptors (Lipinski definition) is 5. The lowest BCUT2D eigenvalue weighted by atomic mass is 9.92. The molecule has 1 saturated heterocycles. The first-order valence-corrected chi connectivity index (χ1v) is 12.1. The molecule has 0 saturated carbocycles. The third-order valence-corrected chi connectivity index (χ3v) is 6.75. The molecule has 1 aliphatic rings. The third kappa shape index (κ3) is 5.18. The maximum Gasteiger partial charge on any atom is 0.193 e. The number of carbonyl (C=O) groups excluding carboxylic acids is 1. The van der Waals surface area contributed by atoms with E-state index in [0.717, 1.165) is 40.7 Å². The van der Waals surface area contributed by atoms with Gasteiger partial charge in [-0.2, -0.15) is 0 Å². The Kier molecular flexibility index (Phi) is 6.67. The largest absolute Gasteiger partial charge is 0.370 e. The summed E-state index contributed by atoms with van der Waals surface area (Å²) in [5.74, 6) is 2.50. The van der Waals surface area contributed by atoms with Gasteiger partial charge in [0.25, 0.3) is 0 Å². The Bertz CT molecular complexity index is 1240. The lowest BCUT2D eigenvalue weighted by Gasteiger charge is -2.28. The van der Waals surface area contributed by atoms with E-state index in [1.165, 1.54) is 38.8 Å². The fourth-order valence-electron chi connectivity index (χ4n) is 4.64. The van der Waals surface area contributed by atoms with Gasteiger partial charge < -0.3 is 15.2 Å². The molecule has 174 valence electrons. The second-order valence-electron chi connectivity index (χ2n) is 9.26. The van der Waals surface area contributed by atoms with Gasteiger partial charge in [-0.05, 0) is 82.1 Å². The molecule has 0 amide bonds. The molecule has 6 nitrogen and oxygen atoms in total. The van der Waals surface area contributed by atoms with Crippen LogP contribution in [0.2, 0.25) is 0 Å². The minimum atomic E-state index is -0.0000307. The Hall–Kier alpha value is -3.51. The van der Waals surface area contributed by atoms with Gasteiger partial charge in [0, 0.05) is 29.4 Å². The highest BCUT2D eigenvalue weighted by molar-refractivity contribution is 6.10. The first-order chi connectivity index (χ1) is 16.7. The topological polar surface area (TPSA) is 73.9 Å². The van der Waals surface area contributed by atoms with E-state index in [-0.39, 0.29) is 5.78 Å². The number of nitrogens with one attached hydrogen (secondary N) is 2. The van der Waals surface area contributed by atoms with Crippen LogP contribution in [0.4, 0.5) is 5.82 Å². The van der Waals surface area contributed by atoms with Crippen LogP contribution in [0.15, 0.2) is 66.9 Å². The summed E-state index contributed by atoms with van der Waals surface area (Å²) in [7, 11) is 2.21. The van der Waals surface area contributed by atoms with E-state index in [1.807, 2.05) is 66.9 Å². The maximum atomic E-state index is 12.8. The van der Waals surface area contributed by atoms with Gasteiger partial charge in [-0.25, -0.2) is 9.97 Å². The van der Waals surface area contributed by atoms with E-state index in [9.17, 15) is 4.79 Å². The van der Waals surface area contributed by atoms with Crippen molar-refractivity contribution in [1.82, 2.24) is 19.9 Å². The Morgan fingerprint density at radius 1 is 1.06 bits per heavy atom. The highest BCUT2D eigenvalue weighted by Gasteiger charge is 2.16. The molecule has 2 aromatic heterocycles. The zero-order chi connectivity index (χ0) is 23.3. The smallest absolute Gasteiger partial charge is 0.193 e. The van der Waals surface area contributed by atoms with Crippen molar-refractivity contribution in [3.63, 3.8) is 0 Å². The Morgan fingerprint density at radius 2 is 1.88 bits per heavy atom. The number of pyridine rings is 1. The normalized spacial score (nSPS) is 15.0. The number of benzene rings is 2. The minimum Gasteiger partial charge on any atom is -0.370 e. The van der Waals surface area contributed by atoms with Crippen LogP contribution in [0.5, 0.6) is 0 Å². The van der Waals surface area contributed by atoms with Crippen molar-refractivity contribution in [2.75, 3.05) is 32.0 Å². The van der Waals surface area contributed by atoms with Crippen LogP contribution in [-0.2, 0) is 0 Å². The average Bonchev–Trinajstić information content (AvgIpc) is 3.32. The number of carbonyl (C=O) groups is 1. The number of H-pyrrole nitrogens is 1. The molecule has 4 aromatic rings. The van der Waals surface area contributed by atoms with Crippen LogP contribution in [-0.4, -0.2) is 52.3 Å². The summed E-state index contributed by atoms with van der Waals surface area (Å²) in [6.45, 7) is 3.41. The van der Waals surface area contributed by atoms with Crippen molar-refractivity contribution < 1.29 is 4.79 Å². The number of ketones is 1. The first kappa shape index (κ1) is 22.3. The molecule has 6 heteroatoms. The van der Waals surface area contributed by atoms with Crippen molar-refractivity contribution in [2.45, 2.75) is 25.7 Å². The molecule has 0 atom stereocenters. The number of nitrogens with zero attached hydrogens (tertiary/aromatic N) is 3. The molecule has 34 heavy (non-hydrogen) atoms.